The third-order valence-electron chi connectivity index (χ3n) is 10.3. The van der Waals surface area contributed by atoms with Crippen LogP contribution in [0.1, 0.15) is 36.1 Å². The standard InChI is InChI=1S/C45H34/c1-3-32-34-15-6-5-13-28(34)27-43-38(32)20-12-21-39(43)42-22-11-14-29-25-31-26-30(23-24-35(31)44(29)42)45-40-18-9-7-16-36(40)33(4-2)37-17-8-10-19-41(37)45/h5-24,26-27H,3-4,25H2,1-2H3. The smallest absolute Gasteiger partial charge is 0.00130 e. The molecule has 0 saturated carbocycles. The van der Waals surface area contributed by atoms with Crippen molar-refractivity contribution in [1.82, 2.24) is 0 Å². The molecule has 1 aliphatic carbocycles. The molecule has 0 aromatic heterocycles. The highest BCUT2D eigenvalue weighted by molar-refractivity contribution is 6.15. The Kier molecular flexibility index (Phi) is 5.93. The van der Waals surface area contributed by atoms with Crippen molar-refractivity contribution >= 4 is 43.1 Å². The Labute approximate surface area is 264 Å². The van der Waals surface area contributed by atoms with Gasteiger partial charge in [-0.05, 0) is 124 Å². The lowest BCUT2D eigenvalue weighted by molar-refractivity contribution is 1.18. The van der Waals surface area contributed by atoms with Crippen molar-refractivity contribution < 1.29 is 0 Å². The lowest BCUT2D eigenvalue weighted by Crippen LogP contribution is -1.93. The number of hydrogen-bond acceptors (Lipinski definition) is 0. The number of hydrogen-bond donors (Lipinski definition) is 0. The fraction of sp³-hybridized carbons (Fsp3) is 0.111. The summed E-state index contributed by atoms with van der Waals surface area (Å²) < 4.78 is 0. The van der Waals surface area contributed by atoms with E-state index in [1.54, 1.807) is 0 Å². The first kappa shape index (κ1) is 26.2. The molecule has 0 heteroatoms. The minimum atomic E-state index is 0.961. The minimum absolute atomic E-state index is 0.961. The molecule has 9 rings (SSSR count). The molecule has 0 bridgehead atoms. The van der Waals surface area contributed by atoms with Gasteiger partial charge in [0.1, 0.15) is 0 Å². The van der Waals surface area contributed by atoms with Crippen LogP contribution in [-0.2, 0) is 19.3 Å². The molecule has 0 heterocycles. The molecule has 0 unspecified atom stereocenters. The zero-order valence-corrected chi connectivity index (χ0v) is 25.8. The van der Waals surface area contributed by atoms with Crippen LogP contribution < -0.4 is 0 Å². The van der Waals surface area contributed by atoms with Gasteiger partial charge in [0.05, 0.1) is 0 Å². The largest absolute Gasteiger partial charge is 0.0616 e. The van der Waals surface area contributed by atoms with Crippen molar-refractivity contribution in [2.75, 3.05) is 0 Å². The van der Waals surface area contributed by atoms with Gasteiger partial charge in [0, 0.05) is 0 Å². The van der Waals surface area contributed by atoms with Gasteiger partial charge in [-0.2, -0.15) is 0 Å². The molecule has 0 spiro atoms. The summed E-state index contributed by atoms with van der Waals surface area (Å²) in [5.41, 5.74) is 13.8. The van der Waals surface area contributed by atoms with Crippen LogP contribution in [0.3, 0.4) is 0 Å². The van der Waals surface area contributed by atoms with Crippen molar-refractivity contribution in [3.63, 3.8) is 0 Å². The lowest BCUT2D eigenvalue weighted by Gasteiger charge is -2.18. The van der Waals surface area contributed by atoms with Gasteiger partial charge in [-0.1, -0.05) is 141 Å². The Bertz CT molecular complexity index is 2420. The molecule has 0 atom stereocenters. The van der Waals surface area contributed by atoms with E-state index in [0.29, 0.717) is 0 Å². The Morgan fingerprint density at radius 3 is 1.71 bits per heavy atom. The van der Waals surface area contributed by atoms with Crippen LogP contribution in [0.4, 0.5) is 0 Å². The van der Waals surface area contributed by atoms with Gasteiger partial charge >= 0.3 is 0 Å². The van der Waals surface area contributed by atoms with E-state index in [0.717, 1.165) is 19.3 Å². The van der Waals surface area contributed by atoms with Crippen LogP contribution in [0.2, 0.25) is 0 Å². The molecule has 0 amide bonds. The Hall–Kier alpha value is -5.20. The predicted molar refractivity (Wildman–Crippen MR) is 194 cm³/mol. The monoisotopic (exact) mass is 574 g/mol. The molecule has 0 aliphatic heterocycles. The van der Waals surface area contributed by atoms with Gasteiger partial charge in [0.2, 0.25) is 0 Å². The van der Waals surface area contributed by atoms with E-state index in [1.807, 2.05) is 0 Å². The molecule has 0 N–H and O–H groups in total. The molecular weight excluding hydrogens is 540 g/mol. The molecule has 8 aromatic rings. The van der Waals surface area contributed by atoms with Gasteiger partial charge < -0.3 is 0 Å². The van der Waals surface area contributed by atoms with Crippen LogP contribution in [0.5, 0.6) is 0 Å². The van der Waals surface area contributed by atoms with Crippen LogP contribution in [-0.4, -0.2) is 0 Å². The Morgan fingerprint density at radius 2 is 0.978 bits per heavy atom. The Balaban J connectivity index is 1.26. The number of fused-ring (bicyclic) bond motifs is 7. The average molecular weight is 575 g/mol. The molecule has 1 aliphatic rings. The summed E-state index contributed by atoms with van der Waals surface area (Å²) in [7, 11) is 0. The first-order valence-corrected chi connectivity index (χ1v) is 16.4. The summed E-state index contributed by atoms with van der Waals surface area (Å²) in [6.07, 6.45) is 3.00. The number of benzene rings is 8. The van der Waals surface area contributed by atoms with E-state index >= 15 is 0 Å². The second kappa shape index (κ2) is 10.2. The van der Waals surface area contributed by atoms with Gasteiger partial charge in [0.15, 0.2) is 0 Å². The van der Waals surface area contributed by atoms with E-state index in [1.165, 1.54) is 98.7 Å². The normalized spacial score (nSPS) is 12.3. The molecule has 214 valence electrons. The Morgan fingerprint density at radius 1 is 0.400 bits per heavy atom. The van der Waals surface area contributed by atoms with E-state index in [9.17, 15) is 0 Å². The van der Waals surface area contributed by atoms with Gasteiger partial charge in [0.25, 0.3) is 0 Å². The van der Waals surface area contributed by atoms with Crippen molar-refractivity contribution in [1.29, 1.82) is 0 Å². The van der Waals surface area contributed by atoms with E-state index in [-0.39, 0.29) is 0 Å². The zero-order chi connectivity index (χ0) is 30.1. The van der Waals surface area contributed by atoms with Crippen LogP contribution in [0.15, 0.2) is 133 Å². The first-order valence-electron chi connectivity index (χ1n) is 16.4. The second-order valence-electron chi connectivity index (χ2n) is 12.5. The highest BCUT2D eigenvalue weighted by Crippen LogP contribution is 2.48. The lowest BCUT2D eigenvalue weighted by atomic mass is 9.86. The molecule has 8 aromatic carbocycles. The molecule has 0 nitrogen and oxygen atoms in total. The molecular formula is C45H34. The summed E-state index contributed by atoms with van der Waals surface area (Å²) in [4.78, 5) is 0. The van der Waals surface area contributed by atoms with E-state index in [4.69, 9.17) is 0 Å². The molecule has 0 radical (unpaired) electrons. The van der Waals surface area contributed by atoms with Crippen molar-refractivity contribution in [3.05, 3.63) is 156 Å². The minimum Gasteiger partial charge on any atom is -0.0616 e. The summed E-state index contributed by atoms with van der Waals surface area (Å²) >= 11 is 0. The van der Waals surface area contributed by atoms with Gasteiger partial charge in [-0.25, -0.2) is 0 Å². The van der Waals surface area contributed by atoms with E-state index in [2.05, 4.69) is 147 Å². The van der Waals surface area contributed by atoms with E-state index < -0.39 is 0 Å². The average Bonchev–Trinajstić information content (AvgIpc) is 3.47. The van der Waals surface area contributed by atoms with Crippen LogP contribution >= 0.6 is 0 Å². The highest BCUT2D eigenvalue weighted by atomic mass is 14.3. The molecule has 45 heavy (non-hydrogen) atoms. The number of rotatable bonds is 4. The summed E-state index contributed by atoms with van der Waals surface area (Å²) in [6.45, 7) is 4.56. The highest BCUT2D eigenvalue weighted by Gasteiger charge is 2.24. The number of aryl methyl sites for hydroxylation is 2. The fourth-order valence-corrected chi connectivity index (χ4v) is 8.34. The summed E-state index contributed by atoms with van der Waals surface area (Å²) in [6, 6.07) is 50.3. The van der Waals surface area contributed by atoms with Crippen molar-refractivity contribution in [3.8, 4) is 33.4 Å². The van der Waals surface area contributed by atoms with Crippen molar-refractivity contribution in [2.24, 2.45) is 0 Å². The van der Waals surface area contributed by atoms with Crippen LogP contribution in [0.25, 0.3) is 76.5 Å². The maximum atomic E-state index is 2.48. The third kappa shape index (κ3) is 3.85. The SMILES string of the molecule is CCc1c2ccccc2cc2c(-c3cccc4c3-c3ccc(-c5c6ccccc6c(CC)c6ccccc56)cc3C4)cccc12. The first-order chi connectivity index (χ1) is 22.2. The van der Waals surface area contributed by atoms with Crippen LogP contribution in [0, 0.1) is 0 Å². The van der Waals surface area contributed by atoms with Gasteiger partial charge in [-0.15, -0.1) is 0 Å². The van der Waals surface area contributed by atoms with Crippen molar-refractivity contribution in [2.45, 2.75) is 33.1 Å². The predicted octanol–water partition coefficient (Wildman–Crippen LogP) is 12.3. The summed E-state index contributed by atoms with van der Waals surface area (Å²) in [5, 5.41) is 10.8. The maximum absolute atomic E-state index is 2.48. The zero-order valence-electron chi connectivity index (χ0n) is 25.8. The molecule has 0 saturated heterocycles. The fourth-order valence-electron chi connectivity index (χ4n) is 8.34. The topological polar surface area (TPSA) is 0 Å². The molecule has 0 fully saturated rings. The third-order valence-corrected chi connectivity index (χ3v) is 10.3. The second-order valence-corrected chi connectivity index (χ2v) is 12.5. The maximum Gasteiger partial charge on any atom is -0.00130 e. The summed E-state index contributed by atoms with van der Waals surface area (Å²) in [5.74, 6) is 0. The quantitative estimate of drug-likeness (QED) is 0.183. The van der Waals surface area contributed by atoms with Gasteiger partial charge in [-0.3, -0.25) is 0 Å².